The summed E-state index contributed by atoms with van der Waals surface area (Å²) in [4.78, 5) is 1.32. The van der Waals surface area contributed by atoms with Crippen LogP contribution in [-0.2, 0) is 0 Å². The van der Waals surface area contributed by atoms with E-state index in [2.05, 4.69) is 69.3 Å². The molecule has 0 aromatic heterocycles. The Morgan fingerprint density at radius 1 is 0.947 bits per heavy atom. The molecule has 2 aromatic carbocycles. The maximum absolute atomic E-state index is 6.37. The summed E-state index contributed by atoms with van der Waals surface area (Å²) >= 11 is 1.85. The zero-order valence-electron chi connectivity index (χ0n) is 11.8. The van der Waals surface area contributed by atoms with Crippen LogP contribution < -0.4 is 5.73 Å². The molecule has 2 aromatic rings. The predicted molar refractivity (Wildman–Crippen MR) is 84.6 cm³/mol. The quantitative estimate of drug-likeness (QED) is 0.829. The molecule has 0 saturated heterocycles. The Morgan fingerprint density at radius 2 is 1.58 bits per heavy atom. The highest BCUT2D eigenvalue weighted by Gasteiger charge is 2.16. The Hall–Kier alpha value is -1.25. The number of benzene rings is 2. The lowest BCUT2D eigenvalue weighted by atomic mass is 10.0. The molecule has 0 saturated carbocycles. The smallest absolute Gasteiger partial charge is 0.0416 e. The van der Waals surface area contributed by atoms with Gasteiger partial charge in [-0.25, -0.2) is 0 Å². The fraction of sp³-hybridized carbons (Fsp3) is 0.294. The summed E-state index contributed by atoms with van der Waals surface area (Å²) in [6.45, 7) is 6.44. The van der Waals surface area contributed by atoms with Crippen LogP contribution in [0.2, 0.25) is 0 Å². The molecule has 0 fully saturated rings. The maximum atomic E-state index is 6.37. The monoisotopic (exact) mass is 271 g/mol. The first-order valence-corrected chi connectivity index (χ1v) is 7.50. The second kappa shape index (κ2) is 6.27. The summed E-state index contributed by atoms with van der Waals surface area (Å²) in [5, 5.41) is 0.351. The van der Waals surface area contributed by atoms with Gasteiger partial charge < -0.3 is 5.73 Å². The lowest BCUT2D eigenvalue weighted by Gasteiger charge is -2.21. The third-order valence-electron chi connectivity index (χ3n) is 3.37. The van der Waals surface area contributed by atoms with Gasteiger partial charge in [0.25, 0.3) is 0 Å². The van der Waals surface area contributed by atoms with Gasteiger partial charge in [0.2, 0.25) is 0 Å². The van der Waals surface area contributed by atoms with Crippen molar-refractivity contribution in [2.75, 3.05) is 0 Å². The van der Waals surface area contributed by atoms with Crippen LogP contribution in [0.25, 0.3) is 0 Å². The SMILES string of the molecule is Cc1ccc(C(N)C(C)Sc2ccccc2C)cc1. The fourth-order valence-electron chi connectivity index (χ4n) is 2.02. The molecule has 2 rings (SSSR count). The number of thioether (sulfide) groups is 1. The van der Waals surface area contributed by atoms with Crippen LogP contribution >= 0.6 is 11.8 Å². The van der Waals surface area contributed by atoms with Gasteiger partial charge in [-0.15, -0.1) is 11.8 Å². The van der Waals surface area contributed by atoms with Gasteiger partial charge in [0.15, 0.2) is 0 Å². The number of nitrogens with two attached hydrogens (primary N) is 1. The summed E-state index contributed by atoms with van der Waals surface area (Å²) in [5.41, 5.74) is 10.2. The molecule has 0 heterocycles. The summed E-state index contributed by atoms with van der Waals surface area (Å²) in [7, 11) is 0. The molecule has 0 amide bonds. The molecule has 2 N–H and O–H groups in total. The van der Waals surface area contributed by atoms with Crippen molar-refractivity contribution in [3.8, 4) is 0 Å². The van der Waals surface area contributed by atoms with E-state index in [-0.39, 0.29) is 6.04 Å². The molecule has 100 valence electrons. The molecule has 1 nitrogen and oxygen atoms in total. The van der Waals surface area contributed by atoms with E-state index in [9.17, 15) is 0 Å². The highest BCUT2D eigenvalue weighted by atomic mass is 32.2. The molecule has 0 aliphatic heterocycles. The Kier molecular flexibility index (Phi) is 4.67. The molecule has 19 heavy (non-hydrogen) atoms. The van der Waals surface area contributed by atoms with Gasteiger partial charge in [-0.1, -0.05) is 55.0 Å². The van der Waals surface area contributed by atoms with Gasteiger partial charge in [0, 0.05) is 16.2 Å². The minimum absolute atomic E-state index is 0.0604. The lowest BCUT2D eigenvalue weighted by molar-refractivity contribution is 0.714. The first-order valence-electron chi connectivity index (χ1n) is 6.62. The fourth-order valence-corrected chi connectivity index (χ4v) is 3.14. The molecule has 0 spiro atoms. The molecule has 0 aliphatic rings. The van der Waals surface area contributed by atoms with E-state index in [4.69, 9.17) is 5.73 Å². The number of aryl methyl sites for hydroxylation is 2. The van der Waals surface area contributed by atoms with Crippen molar-refractivity contribution >= 4 is 11.8 Å². The minimum Gasteiger partial charge on any atom is -0.323 e. The van der Waals surface area contributed by atoms with Crippen LogP contribution in [0.3, 0.4) is 0 Å². The van der Waals surface area contributed by atoms with Crippen molar-refractivity contribution in [2.45, 2.75) is 37.0 Å². The summed E-state index contributed by atoms with van der Waals surface area (Å²) in [6, 6.07) is 17.0. The normalized spacial score (nSPS) is 14.1. The van der Waals surface area contributed by atoms with Crippen molar-refractivity contribution in [3.63, 3.8) is 0 Å². The molecule has 0 bridgehead atoms. The summed E-state index contributed by atoms with van der Waals surface area (Å²) < 4.78 is 0. The number of hydrogen-bond donors (Lipinski definition) is 1. The van der Waals surface area contributed by atoms with Crippen LogP contribution in [0.1, 0.15) is 29.7 Å². The van der Waals surface area contributed by atoms with E-state index in [1.54, 1.807) is 0 Å². The standard InChI is InChI=1S/C17H21NS/c1-12-8-10-15(11-9-12)17(18)14(3)19-16-7-5-4-6-13(16)2/h4-11,14,17H,18H2,1-3H3. The van der Waals surface area contributed by atoms with E-state index in [1.165, 1.54) is 21.6 Å². The van der Waals surface area contributed by atoms with Crippen molar-refractivity contribution < 1.29 is 0 Å². The predicted octanol–water partition coefficient (Wildman–Crippen LogP) is 4.48. The molecule has 2 unspecified atom stereocenters. The third-order valence-corrected chi connectivity index (χ3v) is 4.75. The maximum Gasteiger partial charge on any atom is 0.0416 e. The van der Waals surface area contributed by atoms with E-state index < -0.39 is 0 Å². The molecule has 2 heteroatoms. The van der Waals surface area contributed by atoms with Gasteiger partial charge in [-0.2, -0.15) is 0 Å². The Bertz CT molecular complexity index is 533. The molecular weight excluding hydrogens is 250 g/mol. The van der Waals surface area contributed by atoms with Crippen LogP contribution in [0.15, 0.2) is 53.4 Å². The van der Waals surface area contributed by atoms with E-state index in [1.807, 2.05) is 11.8 Å². The zero-order chi connectivity index (χ0) is 13.8. The van der Waals surface area contributed by atoms with E-state index >= 15 is 0 Å². The van der Waals surface area contributed by atoms with Crippen LogP contribution in [0.4, 0.5) is 0 Å². The Labute approximate surface area is 120 Å². The van der Waals surface area contributed by atoms with Gasteiger partial charge in [-0.05, 0) is 31.0 Å². The van der Waals surface area contributed by atoms with Gasteiger partial charge in [-0.3, -0.25) is 0 Å². The van der Waals surface area contributed by atoms with Crippen molar-refractivity contribution in [1.29, 1.82) is 0 Å². The summed E-state index contributed by atoms with van der Waals surface area (Å²) in [6.07, 6.45) is 0. The Balaban J connectivity index is 2.09. The van der Waals surface area contributed by atoms with Gasteiger partial charge >= 0.3 is 0 Å². The molecule has 2 atom stereocenters. The first kappa shape index (κ1) is 14.2. The third kappa shape index (κ3) is 3.62. The second-order valence-electron chi connectivity index (χ2n) is 5.02. The van der Waals surface area contributed by atoms with Crippen LogP contribution in [-0.4, -0.2) is 5.25 Å². The second-order valence-corrected chi connectivity index (χ2v) is 6.44. The topological polar surface area (TPSA) is 26.0 Å². The summed E-state index contributed by atoms with van der Waals surface area (Å²) in [5.74, 6) is 0. The van der Waals surface area contributed by atoms with E-state index in [0.29, 0.717) is 5.25 Å². The molecule has 0 aliphatic carbocycles. The largest absolute Gasteiger partial charge is 0.323 e. The van der Waals surface area contributed by atoms with Crippen molar-refractivity contribution in [3.05, 3.63) is 65.2 Å². The van der Waals surface area contributed by atoms with Crippen LogP contribution in [0, 0.1) is 13.8 Å². The van der Waals surface area contributed by atoms with Crippen LogP contribution in [0.5, 0.6) is 0 Å². The molecule has 0 radical (unpaired) electrons. The highest BCUT2D eigenvalue weighted by molar-refractivity contribution is 8.00. The van der Waals surface area contributed by atoms with E-state index in [0.717, 1.165) is 0 Å². The zero-order valence-corrected chi connectivity index (χ0v) is 12.6. The first-order chi connectivity index (χ1) is 9.08. The average molecular weight is 271 g/mol. The number of rotatable bonds is 4. The van der Waals surface area contributed by atoms with Crippen molar-refractivity contribution in [1.82, 2.24) is 0 Å². The Morgan fingerprint density at radius 3 is 2.21 bits per heavy atom. The lowest BCUT2D eigenvalue weighted by Crippen LogP contribution is -2.21. The van der Waals surface area contributed by atoms with Gasteiger partial charge in [0.1, 0.15) is 0 Å². The highest BCUT2D eigenvalue weighted by Crippen LogP contribution is 2.32. The van der Waals surface area contributed by atoms with Gasteiger partial charge in [0.05, 0.1) is 0 Å². The van der Waals surface area contributed by atoms with Crippen molar-refractivity contribution in [2.24, 2.45) is 5.73 Å². The number of hydrogen-bond acceptors (Lipinski definition) is 2. The molecular formula is C17H21NS. The minimum atomic E-state index is 0.0604. The average Bonchev–Trinajstić information content (AvgIpc) is 2.41.